The minimum absolute atomic E-state index is 0.121. The van der Waals surface area contributed by atoms with Gasteiger partial charge < -0.3 is 5.32 Å². The minimum Gasteiger partial charge on any atom is -0.306 e. The molecule has 8 heteroatoms. The molecule has 0 bridgehead atoms. The number of aromatic nitrogens is 2. The number of rotatable bonds is 3. The zero-order valence-electron chi connectivity index (χ0n) is 15.4. The van der Waals surface area contributed by atoms with Crippen LogP contribution in [0.3, 0.4) is 0 Å². The molecule has 0 radical (unpaired) electrons. The van der Waals surface area contributed by atoms with Gasteiger partial charge in [-0.25, -0.2) is 13.1 Å². The van der Waals surface area contributed by atoms with E-state index >= 15 is 0 Å². The summed E-state index contributed by atoms with van der Waals surface area (Å²) in [5.74, 6) is -0.221. The van der Waals surface area contributed by atoms with Gasteiger partial charge >= 0.3 is 0 Å². The second kappa shape index (κ2) is 6.76. The first kappa shape index (κ1) is 18.7. The zero-order valence-corrected chi connectivity index (χ0v) is 16.9. The molecule has 28 heavy (non-hydrogen) atoms. The molecule has 4 rings (SSSR count). The number of fused-ring (bicyclic) bond motifs is 1. The van der Waals surface area contributed by atoms with E-state index in [1.807, 2.05) is 32.0 Å². The summed E-state index contributed by atoms with van der Waals surface area (Å²) in [6.07, 6.45) is 0. The van der Waals surface area contributed by atoms with Crippen LogP contribution in [0.4, 0.5) is 5.82 Å². The lowest BCUT2D eigenvalue weighted by molar-refractivity contribution is 0.102. The number of aryl methyl sites for hydroxylation is 2. The number of nitrogens with one attached hydrogen (secondary N) is 1. The Bertz CT molecular complexity index is 1200. The van der Waals surface area contributed by atoms with E-state index in [0.29, 0.717) is 27.7 Å². The monoisotopic (exact) mass is 415 g/mol. The molecule has 144 valence electrons. The molecule has 2 aromatic carbocycles. The maximum atomic E-state index is 12.7. The molecule has 0 spiro atoms. The molecule has 0 saturated carbocycles. The molecule has 1 N–H and O–H groups in total. The molecular formula is C20H18ClN3O3S. The van der Waals surface area contributed by atoms with Crippen LogP contribution in [0.2, 0.25) is 5.02 Å². The third-order valence-corrected chi connectivity index (χ3v) is 6.55. The number of carbonyl (C=O) groups excluding carboxylic acids is 1. The van der Waals surface area contributed by atoms with Gasteiger partial charge in [-0.1, -0.05) is 17.7 Å². The van der Waals surface area contributed by atoms with Gasteiger partial charge in [-0.3, -0.25) is 4.79 Å². The third kappa shape index (κ3) is 3.43. The summed E-state index contributed by atoms with van der Waals surface area (Å²) >= 11 is 5.89. The van der Waals surface area contributed by atoms with Gasteiger partial charge in [0.1, 0.15) is 5.82 Å². The molecular weight excluding hydrogens is 398 g/mol. The van der Waals surface area contributed by atoms with Crippen LogP contribution in [0.5, 0.6) is 0 Å². The first-order valence-corrected chi connectivity index (χ1v) is 10.9. The Balaban J connectivity index is 1.79. The molecule has 0 fully saturated rings. The summed E-state index contributed by atoms with van der Waals surface area (Å²) in [7, 11) is -3.25. The van der Waals surface area contributed by atoms with E-state index in [1.165, 1.54) is 0 Å². The van der Waals surface area contributed by atoms with Crippen LogP contribution in [0.25, 0.3) is 5.69 Å². The van der Waals surface area contributed by atoms with Gasteiger partial charge in [0.15, 0.2) is 9.84 Å². The Hall–Kier alpha value is -2.64. The van der Waals surface area contributed by atoms with Gasteiger partial charge in [0.2, 0.25) is 0 Å². The van der Waals surface area contributed by atoms with Crippen molar-refractivity contribution in [2.24, 2.45) is 0 Å². The number of benzene rings is 2. The summed E-state index contributed by atoms with van der Waals surface area (Å²) in [4.78, 5) is 12.7. The largest absolute Gasteiger partial charge is 0.306 e. The second-order valence-corrected chi connectivity index (χ2v) is 9.45. The number of carbonyl (C=O) groups is 1. The normalized spacial score (nSPS) is 14.7. The van der Waals surface area contributed by atoms with Crippen LogP contribution in [0.1, 0.15) is 32.7 Å². The Morgan fingerprint density at radius 2 is 1.79 bits per heavy atom. The van der Waals surface area contributed by atoms with E-state index in [-0.39, 0.29) is 17.4 Å². The molecule has 1 aromatic heterocycles. The molecule has 2 heterocycles. The lowest BCUT2D eigenvalue weighted by atomic mass is 10.1. The van der Waals surface area contributed by atoms with Crippen molar-refractivity contribution < 1.29 is 13.2 Å². The first-order chi connectivity index (χ1) is 13.2. The summed E-state index contributed by atoms with van der Waals surface area (Å²) in [5.41, 5.74) is 4.42. The Morgan fingerprint density at radius 3 is 2.46 bits per heavy atom. The van der Waals surface area contributed by atoms with Crippen LogP contribution >= 0.6 is 11.6 Å². The Morgan fingerprint density at radius 1 is 1.07 bits per heavy atom. The number of hydrogen-bond donors (Lipinski definition) is 1. The molecule has 1 amide bonds. The Labute approximate surface area is 168 Å². The summed E-state index contributed by atoms with van der Waals surface area (Å²) in [6, 6.07) is 12.3. The number of sulfone groups is 1. The molecule has 1 aliphatic heterocycles. The standard InChI is InChI=1S/C20H18ClN3O3S/c1-12-3-8-16(9-13(12)2)24-19(17-10-28(26,27)11-18(17)23-24)22-20(25)14-4-6-15(21)7-5-14/h3-9H,10-11H2,1-2H3,(H,22,25). The van der Waals surface area contributed by atoms with Crippen molar-refractivity contribution in [3.63, 3.8) is 0 Å². The van der Waals surface area contributed by atoms with Crippen molar-refractivity contribution in [2.45, 2.75) is 25.4 Å². The minimum atomic E-state index is -3.25. The van der Waals surface area contributed by atoms with E-state index in [9.17, 15) is 13.2 Å². The predicted octanol–water partition coefficient (Wildman–Crippen LogP) is 3.82. The van der Waals surface area contributed by atoms with Crippen molar-refractivity contribution in [3.8, 4) is 5.69 Å². The molecule has 0 atom stereocenters. The van der Waals surface area contributed by atoms with Crippen molar-refractivity contribution in [1.29, 1.82) is 0 Å². The van der Waals surface area contributed by atoms with Crippen molar-refractivity contribution in [3.05, 3.63) is 75.4 Å². The third-order valence-electron chi connectivity index (χ3n) is 4.86. The fraction of sp³-hybridized carbons (Fsp3) is 0.200. The molecule has 3 aromatic rings. The van der Waals surface area contributed by atoms with Crippen LogP contribution in [0.15, 0.2) is 42.5 Å². The molecule has 0 saturated heterocycles. The van der Waals surface area contributed by atoms with Gasteiger partial charge in [-0.15, -0.1) is 0 Å². The van der Waals surface area contributed by atoms with E-state index in [2.05, 4.69) is 10.4 Å². The Kier molecular flexibility index (Phi) is 4.51. The number of halogens is 1. The fourth-order valence-electron chi connectivity index (χ4n) is 3.20. The van der Waals surface area contributed by atoms with Crippen LogP contribution < -0.4 is 5.32 Å². The van der Waals surface area contributed by atoms with E-state index in [0.717, 1.165) is 16.8 Å². The van der Waals surface area contributed by atoms with Crippen LogP contribution in [-0.2, 0) is 21.3 Å². The van der Waals surface area contributed by atoms with Crippen LogP contribution in [-0.4, -0.2) is 24.1 Å². The molecule has 0 unspecified atom stereocenters. The van der Waals surface area contributed by atoms with Gasteiger partial charge in [0.25, 0.3) is 5.91 Å². The highest BCUT2D eigenvalue weighted by molar-refractivity contribution is 7.90. The van der Waals surface area contributed by atoms with Crippen molar-refractivity contribution in [1.82, 2.24) is 9.78 Å². The number of anilines is 1. The van der Waals surface area contributed by atoms with Gasteiger partial charge in [-0.05, 0) is 61.4 Å². The topological polar surface area (TPSA) is 81.1 Å². The van der Waals surface area contributed by atoms with Gasteiger partial charge in [0.05, 0.1) is 22.9 Å². The smallest absolute Gasteiger partial charge is 0.256 e. The summed E-state index contributed by atoms with van der Waals surface area (Å²) in [5, 5.41) is 7.87. The zero-order chi connectivity index (χ0) is 20.1. The highest BCUT2D eigenvalue weighted by atomic mass is 35.5. The lowest BCUT2D eigenvalue weighted by Crippen LogP contribution is -2.17. The number of hydrogen-bond acceptors (Lipinski definition) is 4. The second-order valence-electron chi connectivity index (χ2n) is 6.95. The molecule has 6 nitrogen and oxygen atoms in total. The van der Waals surface area contributed by atoms with Gasteiger partial charge in [-0.2, -0.15) is 5.10 Å². The summed E-state index contributed by atoms with van der Waals surface area (Å²) in [6.45, 7) is 4.00. The average molecular weight is 416 g/mol. The first-order valence-electron chi connectivity index (χ1n) is 8.69. The van der Waals surface area contributed by atoms with Crippen LogP contribution in [0, 0.1) is 13.8 Å². The molecule has 1 aliphatic rings. The SMILES string of the molecule is Cc1ccc(-n2nc3c(c2NC(=O)c2ccc(Cl)cc2)CS(=O)(=O)C3)cc1C. The fourth-order valence-corrected chi connectivity index (χ4v) is 4.82. The lowest BCUT2D eigenvalue weighted by Gasteiger charge is -2.12. The maximum Gasteiger partial charge on any atom is 0.256 e. The van der Waals surface area contributed by atoms with E-state index in [4.69, 9.17) is 11.6 Å². The maximum absolute atomic E-state index is 12.7. The van der Waals surface area contributed by atoms with Crippen molar-refractivity contribution in [2.75, 3.05) is 5.32 Å². The number of amides is 1. The quantitative estimate of drug-likeness (QED) is 0.705. The van der Waals surface area contributed by atoms with E-state index in [1.54, 1.807) is 28.9 Å². The predicted molar refractivity (Wildman–Crippen MR) is 109 cm³/mol. The summed E-state index contributed by atoms with van der Waals surface area (Å²) < 4.78 is 25.7. The average Bonchev–Trinajstić information content (AvgIpc) is 3.10. The number of nitrogens with zero attached hydrogens (tertiary/aromatic N) is 2. The van der Waals surface area contributed by atoms with Crippen molar-refractivity contribution >= 4 is 33.2 Å². The highest BCUT2D eigenvalue weighted by Gasteiger charge is 2.33. The molecule has 0 aliphatic carbocycles. The van der Waals surface area contributed by atoms with Gasteiger partial charge in [0, 0.05) is 16.1 Å². The highest BCUT2D eigenvalue weighted by Crippen LogP contribution is 2.33. The van der Waals surface area contributed by atoms with E-state index < -0.39 is 9.84 Å².